The standard InChI is InChI=1S/C30H36ClFN4O5.CH4/c1-30(2,19-37)18-34-26(38)13-12-23(36(3)27(39)14-11-20-9-6-10-24(32)28(20)31)17-41-29(40)35-25-15-21-7-4-5-8-22(21)16-33-25;/h4-10,15-16,23,37H,11-14,17-19H2,1-3H3,(H,34,38)(H,33,35,40);1H4/t23-;/m0./s1. The summed E-state index contributed by atoms with van der Waals surface area (Å²) in [4.78, 5) is 43.8. The van der Waals surface area contributed by atoms with Crippen molar-refractivity contribution < 1.29 is 28.6 Å². The second-order valence-corrected chi connectivity index (χ2v) is 11.0. The Morgan fingerprint density at radius 1 is 1.12 bits per heavy atom. The van der Waals surface area contributed by atoms with Gasteiger partial charge in [-0.25, -0.2) is 14.2 Å². The van der Waals surface area contributed by atoms with Crippen LogP contribution in [0.1, 0.15) is 46.1 Å². The lowest BCUT2D eigenvalue weighted by molar-refractivity contribution is -0.133. The van der Waals surface area contributed by atoms with Gasteiger partial charge in [0.05, 0.1) is 11.1 Å². The highest BCUT2D eigenvalue weighted by atomic mass is 35.5. The van der Waals surface area contributed by atoms with E-state index in [1.165, 1.54) is 17.0 Å². The Bertz CT molecular complexity index is 1370. The first-order valence-electron chi connectivity index (χ1n) is 13.3. The number of benzene rings is 2. The van der Waals surface area contributed by atoms with E-state index in [0.29, 0.717) is 11.4 Å². The first kappa shape index (κ1) is 34.4. The van der Waals surface area contributed by atoms with E-state index in [-0.39, 0.29) is 69.7 Å². The maximum Gasteiger partial charge on any atom is 0.412 e. The number of likely N-dealkylation sites (N-methyl/N-ethyl adjacent to an activating group) is 1. The van der Waals surface area contributed by atoms with Crippen LogP contribution in [0.4, 0.5) is 15.0 Å². The Hall–Kier alpha value is -3.76. The van der Waals surface area contributed by atoms with Gasteiger partial charge in [0, 0.05) is 50.0 Å². The third-order valence-corrected chi connectivity index (χ3v) is 7.17. The Morgan fingerprint density at radius 3 is 2.55 bits per heavy atom. The molecule has 0 spiro atoms. The summed E-state index contributed by atoms with van der Waals surface area (Å²) in [6.45, 7) is 3.68. The Morgan fingerprint density at radius 2 is 1.83 bits per heavy atom. The Labute approximate surface area is 251 Å². The number of fused-ring (bicyclic) bond motifs is 1. The maximum absolute atomic E-state index is 13.8. The summed E-state index contributed by atoms with van der Waals surface area (Å²) in [7, 11) is 1.57. The van der Waals surface area contributed by atoms with Crippen LogP contribution in [0.25, 0.3) is 10.8 Å². The van der Waals surface area contributed by atoms with Gasteiger partial charge in [-0.05, 0) is 35.9 Å². The third-order valence-electron chi connectivity index (χ3n) is 6.75. The molecule has 0 fully saturated rings. The van der Waals surface area contributed by atoms with Gasteiger partial charge in [0.1, 0.15) is 18.2 Å². The van der Waals surface area contributed by atoms with E-state index >= 15 is 0 Å². The van der Waals surface area contributed by atoms with Gasteiger partial charge in [-0.3, -0.25) is 14.9 Å². The maximum atomic E-state index is 13.8. The second-order valence-electron chi connectivity index (χ2n) is 10.6. The van der Waals surface area contributed by atoms with Crippen molar-refractivity contribution in [3.05, 3.63) is 71.1 Å². The predicted octanol–water partition coefficient (Wildman–Crippen LogP) is 5.59. The van der Waals surface area contributed by atoms with Crippen molar-refractivity contribution in [2.24, 2.45) is 5.41 Å². The molecule has 0 bridgehead atoms. The molecule has 11 heteroatoms. The summed E-state index contributed by atoms with van der Waals surface area (Å²) in [5, 5.41) is 16.6. The molecule has 3 aromatic rings. The molecule has 0 saturated heterocycles. The zero-order chi connectivity index (χ0) is 30.0. The monoisotopic (exact) mass is 602 g/mol. The van der Waals surface area contributed by atoms with Gasteiger partial charge in [-0.1, -0.05) is 69.3 Å². The number of aryl methyl sites for hydroxylation is 1. The minimum absolute atomic E-state index is 0. The second kappa shape index (κ2) is 16.0. The van der Waals surface area contributed by atoms with Crippen molar-refractivity contribution in [2.75, 3.05) is 32.1 Å². The largest absolute Gasteiger partial charge is 0.447 e. The summed E-state index contributed by atoms with van der Waals surface area (Å²) < 4.78 is 19.2. The molecule has 0 aliphatic carbocycles. The number of carbonyl (C=O) groups is 3. The van der Waals surface area contributed by atoms with Gasteiger partial charge in [0.25, 0.3) is 0 Å². The van der Waals surface area contributed by atoms with Crippen molar-refractivity contribution >= 4 is 46.1 Å². The minimum Gasteiger partial charge on any atom is -0.447 e. The van der Waals surface area contributed by atoms with Crippen molar-refractivity contribution in [3.8, 4) is 0 Å². The lowest BCUT2D eigenvalue weighted by Gasteiger charge is -2.28. The van der Waals surface area contributed by atoms with Gasteiger partial charge >= 0.3 is 6.09 Å². The van der Waals surface area contributed by atoms with E-state index in [2.05, 4.69) is 15.6 Å². The third kappa shape index (κ3) is 10.3. The molecule has 3 amide bonds. The number of ether oxygens (including phenoxy) is 1. The molecule has 3 N–H and O–H groups in total. The molecule has 0 unspecified atom stereocenters. The predicted molar refractivity (Wildman–Crippen MR) is 163 cm³/mol. The number of anilines is 1. The number of hydrogen-bond donors (Lipinski definition) is 3. The van der Waals surface area contributed by atoms with E-state index < -0.39 is 23.4 Å². The van der Waals surface area contributed by atoms with Crippen LogP contribution in [0.15, 0.2) is 54.7 Å². The lowest BCUT2D eigenvalue weighted by Crippen LogP contribution is -2.42. The first-order valence-corrected chi connectivity index (χ1v) is 13.7. The topological polar surface area (TPSA) is 121 Å². The van der Waals surface area contributed by atoms with Crippen LogP contribution in [-0.4, -0.2) is 65.7 Å². The fraction of sp³-hybridized carbons (Fsp3) is 0.419. The molecular formula is C31H40ClFN4O5. The highest BCUT2D eigenvalue weighted by molar-refractivity contribution is 6.31. The van der Waals surface area contributed by atoms with Crippen molar-refractivity contribution in [1.29, 1.82) is 0 Å². The number of amides is 3. The number of nitrogens with zero attached hydrogens (tertiary/aromatic N) is 2. The zero-order valence-corrected chi connectivity index (χ0v) is 24.2. The molecule has 228 valence electrons. The van der Waals surface area contributed by atoms with Crippen LogP contribution in [0.2, 0.25) is 5.02 Å². The minimum atomic E-state index is -0.751. The molecule has 1 atom stereocenters. The number of aliphatic hydroxyl groups excluding tert-OH is 1. The summed E-state index contributed by atoms with van der Waals surface area (Å²) >= 11 is 6.03. The van der Waals surface area contributed by atoms with Crippen molar-refractivity contribution in [1.82, 2.24) is 15.2 Å². The number of pyridine rings is 1. The average Bonchev–Trinajstić information content (AvgIpc) is 2.96. The number of aliphatic hydroxyl groups is 1. The van der Waals surface area contributed by atoms with Crippen LogP contribution < -0.4 is 10.6 Å². The van der Waals surface area contributed by atoms with E-state index in [1.807, 2.05) is 38.1 Å². The average molecular weight is 603 g/mol. The molecule has 2 aromatic carbocycles. The van der Waals surface area contributed by atoms with Crippen molar-refractivity contribution in [2.45, 2.75) is 53.0 Å². The van der Waals surface area contributed by atoms with Gasteiger partial charge in [0.15, 0.2) is 0 Å². The fourth-order valence-electron chi connectivity index (χ4n) is 4.00. The SMILES string of the molecule is C.CN(C(=O)CCc1cccc(F)c1Cl)[C@@H](CCC(=O)NCC(C)(C)CO)COC(=O)Nc1cc2ccccc2cn1. The van der Waals surface area contributed by atoms with E-state index in [0.717, 1.165) is 10.8 Å². The number of nitrogens with one attached hydrogen (secondary N) is 2. The molecule has 1 aromatic heterocycles. The van der Waals surface area contributed by atoms with E-state index in [4.69, 9.17) is 16.3 Å². The van der Waals surface area contributed by atoms with Crippen LogP contribution in [0, 0.1) is 11.2 Å². The quantitative estimate of drug-likeness (QED) is 0.235. The summed E-state index contributed by atoms with van der Waals surface area (Å²) in [5.41, 5.74) is 0.0345. The summed E-state index contributed by atoms with van der Waals surface area (Å²) in [6, 6.07) is 13.1. The number of carbonyl (C=O) groups excluding carboxylic acids is 3. The highest BCUT2D eigenvalue weighted by Gasteiger charge is 2.24. The molecule has 42 heavy (non-hydrogen) atoms. The van der Waals surface area contributed by atoms with E-state index in [9.17, 15) is 23.9 Å². The summed E-state index contributed by atoms with van der Waals surface area (Å²) in [5.74, 6) is -0.780. The van der Waals surface area contributed by atoms with E-state index in [1.54, 1.807) is 25.4 Å². The zero-order valence-electron chi connectivity index (χ0n) is 23.5. The van der Waals surface area contributed by atoms with Crippen LogP contribution >= 0.6 is 11.6 Å². The normalized spacial score (nSPS) is 11.8. The number of halogens is 2. The van der Waals surface area contributed by atoms with Gasteiger partial charge in [-0.15, -0.1) is 0 Å². The highest BCUT2D eigenvalue weighted by Crippen LogP contribution is 2.22. The Balaban J connectivity index is 0.00000616. The molecule has 0 aliphatic rings. The first-order chi connectivity index (χ1) is 19.5. The number of hydrogen-bond acceptors (Lipinski definition) is 6. The summed E-state index contributed by atoms with van der Waals surface area (Å²) in [6.07, 6.45) is 1.44. The number of rotatable bonds is 13. The molecule has 3 rings (SSSR count). The molecule has 9 nitrogen and oxygen atoms in total. The fourth-order valence-corrected chi connectivity index (χ4v) is 4.22. The van der Waals surface area contributed by atoms with Gasteiger partial charge in [-0.2, -0.15) is 0 Å². The van der Waals surface area contributed by atoms with Crippen molar-refractivity contribution in [3.63, 3.8) is 0 Å². The number of aromatic nitrogens is 1. The van der Waals surface area contributed by atoms with Gasteiger partial charge < -0.3 is 20.1 Å². The van der Waals surface area contributed by atoms with Crippen LogP contribution in [0.3, 0.4) is 0 Å². The Kier molecular flexibility index (Phi) is 13.1. The molecular weight excluding hydrogens is 563 g/mol. The molecule has 0 radical (unpaired) electrons. The lowest BCUT2D eigenvalue weighted by atomic mass is 9.95. The van der Waals surface area contributed by atoms with Crippen LogP contribution in [-0.2, 0) is 20.7 Å². The molecule has 0 saturated carbocycles. The smallest absolute Gasteiger partial charge is 0.412 e. The molecule has 0 aliphatic heterocycles. The molecule has 1 heterocycles. The van der Waals surface area contributed by atoms with Crippen LogP contribution in [0.5, 0.6) is 0 Å². The van der Waals surface area contributed by atoms with Gasteiger partial charge in [0.2, 0.25) is 11.8 Å².